The number of fused-ring (bicyclic) bond motifs is 1. The van der Waals surface area contributed by atoms with E-state index in [1.54, 1.807) is 0 Å². The highest BCUT2D eigenvalue weighted by Crippen LogP contribution is 2.32. The largest absolute Gasteiger partial charge is 0.315 e. The third kappa shape index (κ3) is 3.69. The minimum Gasteiger partial charge on any atom is -0.315 e. The van der Waals surface area contributed by atoms with Gasteiger partial charge >= 0.3 is 0 Å². The summed E-state index contributed by atoms with van der Waals surface area (Å²) in [6.07, 6.45) is 4.28. The highest BCUT2D eigenvalue weighted by molar-refractivity contribution is 7.19. The lowest BCUT2D eigenvalue weighted by molar-refractivity contribution is 0.323. The smallest absolute Gasteiger partial charge is 0.0349 e. The Hall–Kier alpha value is -1.16. The molecule has 0 atom stereocenters. The van der Waals surface area contributed by atoms with Crippen molar-refractivity contribution in [3.63, 3.8) is 0 Å². The summed E-state index contributed by atoms with van der Waals surface area (Å²) in [5.41, 5.74) is 1.49. The topological polar surface area (TPSA) is 15.3 Å². The first-order chi connectivity index (χ1) is 9.76. The van der Waals surface area contributed by atoms with Gasteiger partial charge in [-0.25, -0.2) is 0 Å². The lowest BCUT2D eigenvalue weighted by Crippen LogP contribution is -2.20. The van der Waals surface area contributed by atoms with Crippen molar-refractivity contribution in [2.24, 2.45) is 0 Å². The van der Waals surface area contributed by atoms with Crippen LogP contribution in [-0.4, -0.2) is 25.5 Å². The number of nitrogens with zero attached hydrogens (tertiary/aromatic N) is 1. The van der Waals surface area contributed by atoms with Crippen molar-refractivity contribution in [2.45, 2.75) is 25.9 Å². The number of allylic oxidation sites excluding steroid dienone is 1. The molecule has 1 aromatic heterocycles. The zero-order valence-corrected chi connectivity index (χ0v) is 13.3. The van der Waals surface area contributed by atoms with E-state index >= 15 is 0 Å². The molecule has 0 aliphatic carbocycles. The minimum atomic E-state index is 0.954. The van der Waals surface area contributed by atoms with Crippen LogP contribution < -0.4 is 5.32 Å². The molecule has 0 bridgehead atoms. The Labute approximate surface area is 126 Å². The third-order valence-corrected chi connectivity index (χ3v) is 4.71. The molecular weight excluding hydrogens is 264 g/mol. The second-order valence-electron chi connectivity index (χ2n) is 5.20. The Balaban J connectivity index is 2.17. The molecule has 0 spiro atoms. The van der Waals surface area contributed by atoms with Crippen molar-refractivity contribution in [3.8, 4) is 0 Å². The summed E-state index contributed by atoms with van der Waals surface area (Å²) in [5, 5.41) is 4.70. The highest BCUT2D eigenvalue weighted by Gasteiger charge is 2.12. The van der Waals surface area contributed by atoms with Crippen molar-refractivity contribution >= 4 is 21.4 Å². The SMILES string of the molecule is C=CCCCN(C)Cc1c(CNC)sc2ccccc12. The number of rotatable bonds is 8. The van der Waals surface area contributed by atoms with E-state index in [4.69, 9.17) is 0 Å². The van der Waals surface area contributed by atoms with Gasteiger partial charge in [-0.3, -0.25) is 0 Å². The molecule has 1 aromatic carbocycles. The van der Waals surface area contributed by atoms with Gasteiger partial charge in [-0.15, -0.1) is 17.9 Å². The molecule has 0 unspecified atom stereocenters. The number of hydrogen-bond donors (Lipinski definition) is 1. The lowest BCUT2D eigenvalue weighted by Gasteiger charge is -2.17. The molecule has 2 rings (SSSR count). The number of thiophene rings is 1. The van der Waals surface area contributed by atoms with Crippen LogP contribution in [0.3, 0.4) is 0 Å². The van der Waals surface area contributed by atoms with Crippen LogP contribution in [-0.2, 0) is 13.1 Å². The van der Waals surface area contributed by atoms with Crippen LogP contribution in [0.5, 0.6) is 0 Å². The average molecular weight is 288 g/mol. The molecule has 0 aliphatic rings. The number of nitrogens with one attached hydrogen (secondary N) is 1. The molecule has 0 aliphatic heterocycles. The van der Waals surface area contributed by atoms with Gasteiger partial charge in [0.25, 0.3) is 0 Å². The Morgan fingerprint density at radius 3 is 2.90 bits per heavy atom. The molecule has 0 saturated carbocycles. The van der Waals surface area contributed by atoms with Gasteiger partial charge in [-0.2, -0.15) is 0 Å². The van der Waals surface area contributed by atoms with Gasteiger partial charge in [-0.05, 0) is 50.5 Å². The standard InChI is InChI=1S/C17H24N2S/c1-4-5-8-11-19(3)13-15-14-9-6-7-10-16(14)20-17(15)12-18-2/h4,6-7,9-10,18H,1,5,8,11-13H2,2-3H3. The van der Waals surface area contributed by atoms with Crippen molar-refractivity contribution in [3.05, 3.63) is 47.4 Å². The normalized spacial score (nSPS) is 11.3. The highest BCUT2D eigenvalue weighted by atomic mass is 32.1. The van der Waals surface area contributed by atoms with Gasteiger partial charge in [0, 0.05) is 22.7 Å². The number of benzene rings is 1. The zero-order chi connectivity index (χ0) is 14.4. The molecule has 108 valence electrons. The second-order valence-corrected chi connectivity index (χ2v) is 6.34. The maximum Gasteiger partial charge on any atom is 0.0349 e. The summed E-state index contributed by atoms with van der Waals surface area (Å²) in [4.78, 5) is 3.88. The van der Waals surface area contributed by atoms with E-state index in [-0.39, 0.29) is 0 Å². The van der Waals surface area contributed by atoms with Gasteiger partial charge in [0.15, 0.2) is 0 Å². The molecule has 2 nitrogen and oxygen atoms in total. The second kappa shape index (κ2) is 7.58. The van der Waals surface area contributed by atoms with Crippen LogP contribution in [0.4, 0.5) is 0 Å². The van der Waals surface area contributed by atoms with Crippen LogP contribution >= 0.6 is 11.3 Å². The van der Waals surface area contributed by atoms with Gasteiger partial charge in [0.05, 0.1) is 0 Å². The van der Waals surface area contributed by atoms with Crippen LogP contribution in [0.25, 0.3) is 10.1 Å². The average Bonchev–Trinajstić information content (AvgIpc) is 2.78. The fraction of sp³-hybridized carbons (Fsp3) is 0.412. The maximum absolute atomic E-state index is 3.79. The fourth-order valence-electron chi connectivity index (χ4n) is 2.48. The Morgan fingerprint density at radius 2 is 2.15 bits per heavy atom. The number of unbranched alkanes of at least 4 members (excludes halogenated alkanes) is 1. The predicted molar refractivity (Wildman–Crippen MR) is 90.4 cm³/mol. The molecule has 3 heteroatoms. The van der Waals surface area contributed by atoms with Gasteiger partial charge in [0.2, 0.25) is 0 Å². The molecule has 0 fully saturated rings. The Kier molecular flexibility index (Phi) is 5.77. The van der Waals surface area contributed by atoms with E-state index in [1.165, 1.54) is 26.9 Å². The van der Waals surface area contributed by atoms with Gasteiger partial charge in [0.1, 0.15) is 0 Å². The number of hydrogen-bond acceptors (Lipinski definition) is 3. The summed E-state index contributed by atoms with van der Waals surface area (Å²) in [6, 6.07) is 8.73. The summed E-state index contributed by atoms with van der Waals surface area (Å²) < 4.78 is 1.40. The molecule has 20 heavy (non-hydrogen) atoms. The lowest BCUT2D eigenvalue weighted by atomic mass is 10.1. The van der Waals surface area contributed by atoms with Crippen molar-refractivity contribution in [1.29, 1.82) is 0 Å². The zero-order valence-electron chi connectivity index (χ0n) is 12.5. The molecule has 0 amide bonds. The minimum absolute atomic E-state index is 0.954. The van der Waals surface area contributed by atoms with E-state index < -0.39 is 0 Å². The van der Waals surface area contributed by atoms with E-state index in [0.717, 1.165) is 26.1 Å². The molecule has 0 radical (unpaired) electrons. The maximum atomic E-state index is 3.79. The molecule has 1 N–H and O–H groups in total. The van der Waals surface area contributed by atoms with E-state index in [2.05, 4.69) is 48.1 Å². The molecular formula is C17H24N2S. The van der Waals surface area contributed by atoms with E-state index in [0.29, 0.717) is 0 Å². The van der Waals surface area contributed by atoms with Crippen molar-refractivity contribution in [2.75, 3.05) is 20.6 Å². The molecule has 2 aromatic rings. The Morgan fingerprint density at radius 1 is 1.35 bits per heavy atom. The van der Waals surface area contributed by atoms with E-state index in [9.17, 15) is 0 Å². The van der Waals surface area contributed by atoms with Crippen LogP contribution in [0.15, 0.2) is 36.9 Å². The van der Waals surface area contributed by atoms with Crippen molar-refractivity contribution < 1.29 is 0 Å². The molecule has 1 heterocycles. The molecule has 0 saturated heterocycles. The van der Waals surface area contributed by atoms with E-state index in [1.807, 2.05) is 24.5 Å². The van der Waals surface area contributed by atoms with Crippen LogP contribution in [0.2, 0.25) is 0 Å². The van der Waals surface area contributed by atoms with Gasteiger partial charge < -0.3 is 10.2 Å². The predicted octanol–water partition coefficient (Wildman–Crippen LogP) is 4.02. The summed E-state index contributed by atoms with van der Waals surface area (Å²) >= 11 is 1.91. The summed E-state index contributed by atoms with van der Waals surface area (Å²) in [6.45, 7) is 6.89. The first-order valence-electron chi connectivity index (χ1n) is 7.19. The van der Waals surface area contributed by atoms with Crippen LogP contribution in [0.1, 0.15) is 23.3 Å². The van der Waals surface area contributed by atoms with Crippen molar-refractivity contribution in [1.82, 2.24) is 10.2 Å². The van der Waals surface area contributed by atoms with Gasteiger partial charge in [-0.1, -0.05) is 24.3 Å². The summed E-state index contributed by atoms with van der Waals surface area (Å²) in [7, 11) is 4.22. The first-order valence-corrected chi connectivity index (χ1v) is 8.01. The fourth-order valence-corrected chi connectivity index (χ4v) is 3.71. The third-order valence-electron chi connectivity index (χ3n) is 3.50. The first kappa shape index (κ1) is 15.2. The Bertz CT molecular complexity index is 559. The monoisotopic (exact) mass is 288 g/mol. The van der Waals surface area contributed by atoms with Crippen LogP contribution in [0, 0.1) is 0 Å². The summed E-state index contributed by atoms with van der Waals surface area (Å²) in [5.74, 6) is 0. The quantitative estimate of drug-likeness (QED) is 0.583.